The lowest BCUT2D eigenvalue weighted by atomic mass is 9.92. The van der Waals surface area contributed by atoms with Crippen molar-refractivity contribution in [2.75, 3.05) is 9.80 Å². The Morgan fingerprint density at radius 2 is 0.543 bits per heavy atom. The zero-order valence-electron chi connectivity index (χ0n) is 43.5. The van der Waals surface area contributed by atoms with E-state index in [-0.39, 0.29) is 0 Å². The summed E-state index contributed by atoms with van der Waals surface area (Å²) in [6.45, 7) is 0. The Balaban J connectivity index is 0.863. The van der Waals surface area contributed by atoms with E-state index >= 15 is 0 Å². The van der Waals surface area contributed by atoms with Crippen molar-refractivity contribution in [2.45, 2.75) is 0 Å². The van der Waals surface area contributed by atoms with E-state index in [1.54, 1.807) is 0 Å². The minimum atomic E-state index is 0.857. The van der Waals surface area contributed by atoms with Gasteiger partial charge in [0.25, 0.3) is 0 Å². The first-order chi connectivity index (χ1) is 40.1. The molecule has 0 radical (unpaired) electrons. The SMILES string of the molecule is c1ccc2c(N(c3ccc4oc5cc6c7ccc(N(c8ccc9sc%10ccccc%10c9c8)c8c9ccccc9cc9ccccc89)cc7c7ccccc7c6cc5c4c3)c3ccc4sc5ccccc5c4c3)c3ccccc3cc2c1. The maximum absolute atomic E-state index is 7.00. The van der Waals surface area contributed by atoms with Gasteiger partial charge < -0.3 is 14.2 Å². The van der Waals surface area contributed by atoms with Crippen LogP contribution in [0.1, 0.15) is 0 Å². The van der Waals surface area contributed by atoms with Crippen LogP contribution in [0.2, 0.25) is 0 Å². The van der Waals surface area contributed by atoms with E-state index in [1.165, 1.54) is 116 Å². The molecule has 376 valence electrons. The lowest BCUT2D eigenvalue weighted by Crippen LogP contribution is -2.11. The van der Waals surface area contributed by atoms with Crippen LogP contribution in [0.3, 0.4) is 0 Å². The fourth-order valence-electron chi connectivity index (χ4n) is 13.5. The van der Waals surface area contributed by atoms with Crippen LogP contribution in [-0.4, -0.2) is 0 Å². The molecule has 81 heavy (non-hydrogen) atoms. The summed E-state index contributed by atoms with van der Waals surface area (Å²) >= 11 is 3.71. The number of nitrogens with zero attached hydrogens (tertiary/aromatic N) is 2. The monoisotopic (exact) mass is 1060 g/mol. The van der Waals surface area contributed by atoms with E-state index in [1.807, 2.05) is 22.7 Å². The van der Waals surface area contributed by atoms with Crippen molar-refractivity contribution in [2.24, 2.45) is 0 Å². The van der Waals surface area contributed by atoms with E-state index in [0.717, 1.165) is 55.8 Å². The van der Waals surface area contributed by atoms with Gasteiger partial charge >= 0.3 is 0 Å². The molecule has 18 rings (SSSR count). The lowest BCUT2D eigenvalue weighted by molar-refractivity contribution is 0.669. The molecule has 5 heteroatoms. The predicted octanol–water partition coefficient (Wildman–Crippen LogP) is 23.3. The van der Waals surface area contributed by atoms with Crippen molar-refractivity contribution in [1.29, 1.82) is 0 Å². The molecule has 0 saturated carbocycles. The maximum Gasteiger partial charge on any atom is 0.136 e. The molecule has 0 aliphatic rings. The second-order valence-corrected chi connectivity index (χ2v) is 23.7. The van der Waals surface area contributed by atoms with Crippen LogP contribution < -0.4 is 9.80 Å². The third-order valence-corrected chi connectivity index (χ3v) is 19.4. The first-order valence-corrected chi connectivity index (χ1v) is 29.3. The fourth-order valence-corrected chi connectivity index (χ4v) is 15.6. The molecule has 0 atom stereocenters. The van der Waals surface area contributed by atoms with Gasteiger partial charge in [-0.3, -0.25) is 0 Å². The number of anilines is 6. The minimum absolute atomic E-state index is 0.857. The Kier molecular flexibility index (Phi) is 9.55. The predicted molar refractivity (Wildman–Crippen MR) is 351 cm³/mol. The van der Waals surface area contributed by atoms with Crippen LogP contribution in [0, 0.1) is 0 Å². The zero-order valence-corrected chi connectivity index (χ0v) is 45.2. The highest BCUT2D eigenvalue weighted by molar-refractivity contribution is 7.26. The normalized spacial score (nSPS) is 12.2. The first kappa shape index (κ1) is 44.9. The lowest BCUT2D eigenvalue weighted by Gasteiger charge is -2.29. The highest BCUT2D eigenvalue weighted by Gasteiger charge is 2.25. The molecular formula is C76H44N2OS2. The zero-order chi connectivity index (χ0) is 52.9. The van der Waals surface area contributed by atoms with Crippen molar-refractivity contribution in [3.05, 3.63) is 267 Å². The highest BCUT2D eigenvalue weighted by atomic mass is 32.1. The van der Waals surface area contributed by atoms with Crippen molar-refractivity contribution in [3.8, 4) is 0 Å². The molecule has 0 aliphatic heterocycles. The average Bonchev–Trinajstić information content (AvgIpc) is 4.43. The summed E-state index contributed by atoms with van der Waals surface area (Å²) in [7, 11) is 0. The molecule has 15 aromatic carbocycles. The van der Waals surface area contributed by atoms with E-state index in [9.17, 15) is 0 Å². The third kappa shape index (κ3) is 6.74. The second kappa shape index (κ2) is 17.2. The molecule has 0 spiro atoms. The number of rotatable bonds is 6. The molecule has 3 nitrogen and oxygen atoms in total. The van der Waals surface area contributed by atoms with Crippen LogP contribution in [0.15, 0.2) is 271 Å². The number of fused-ring (bicyclic) bond motifs is 19. The van der Waals surface area contributed by atoms with Gasteiger partial charge in [0.05, 0.1) is 11.4 Å². The van der Waals surface area contributed by atoms with E-state index in [2.05, 4.69) is 277 Å². The van der Waals surface area contributed by atoms with Gasteiger partial charge in [0.2, 0.25) is 0 Å². The highest BCUT2D eigenvalue weighted by Crippen LogP contribution is 2.51. The standard InChI is InChI=1S/C76H44N2OS2/c1-5-19-53-45(15-1)37-46-16-2-6-20-54(46)75(53)77(51-31-35-73-67(41-51)60-25-11-13-27-71(60)80-73)49-29-33-59-62(39-49)57-23-9-10-24-58(57)63-43-66-65-40-50(30-34-69(65)79-70(66)44-64(59)63)78(52-32-36-74-68(42-52)61-26-12-14-28-72(61)81-74)76-55-21-7-3-17-47(55)38-48-18-4-8-22-56(48)76/h1-44H. The van der Waals surface area contributed by atoms with Gasteiger partial charge in [-0.2, -0.15) is 0 Å². The number of furan rings is 1. The van der Waals surface area contributed by atoms with Crippen molar-refractivity contribution in [1.82, 2.24) is 0 Å². The number of hydrogen-bond acceptors (Lipinski definition) is 5. The van der Waals surface area contributed by atoms with Gasteiger partial charge in [0.1, 0.15) is 11.2 Å². The van der Waals surface area contributed by atoms with Gasteiger partial charge in [0.15, 0.2) is 0 Å². The number of thiophene rings is 2. The van der Waals surface area contributed by atoms with Crippen LogP contribution >= 0.6 is 22.7 Å². The molecule has 0 bridgehead atoms. The molecule has 3 heterocycles. The smallest absolute Gasteiger partial charge is 0.136 e. The van der Waals surface area contributed by atoms with Gasteiger partial charge in [-0.25, -0.2) is 0 Å². The van der Waals surface area contributed by atoms with E-state index in [0.29, 0.717) is 0 Å². The summed E-state index contributed by atoms with van der Waals surface area (Å²) in [4.78, 5) is 5.00. The van der Waals surface area contributed by atoms with Gasteiger partial charge in [0, 0.05) is 95.4 Å². The van der Waals surface area contributed by atoms with Crippen LogP contribution in [0.25, 0.3) is 138 Å². The fraction of sp³-hybridized carbons (Fsp3) is 0. The topological polar surface area (TPSA) is 19.6 Å². The largest absolute Gasteiger partial charge is 0.456 e. The minimum Gasteiger partial charge on any atom is -0.456 e. The summed E-state index contributed by atoms with van der Waals surface area (Å²) in [5.74, 6) is 0. The second-order valence-electron chi connectivity index (χ2n) is 21.5. The molecule has 3 aromatic heterocycles. The van der Waals surface area contributed by atoms with Crippen molar-refractivity contribution < 1.29 is 4.42 Å². The van der Waals surface area contributed by atoms with Gasteiger partial charge in [-0.15, -0.1) is 22.7 Å². The Labute approximate surface area is 472 Å². The third-order valence-electron chi connectivity index (χ3n) is 17.1. The Bertz CT molecular complexity index is 5600. The summed E-state index contributed by atoms with van der Waals surface area (Å²) < 4.78 is 12.2. The molecular weight excluding hydrogens is 1020 g/mol. The van der Waals surface area contributed by atoms with E-state index in [4.69, 9.17) is 4.42 Å². The van der Waals surface area contributed by atoms with Crippen LogP contribution in [0.5, 0.6) is 0 Å². The molecule has 0 amide bonds. The van der Waals surface area contributed by atoms with Crippen molar-refractivity contribution in [3.63, 3.8) is 0 Å². The molecule has 0 N–H and O–H groups in total. The Morgan fingerprint density at radius 1 is 0.210 bits per heavy atom. The van der Waals surface area contributed by atoms with Crippen molar-refractivity contribution >= 4 is 194 Å². The summed E-state index contributed by atoms with van der Waals surface area (Å²) in [5, 5.41) is 24.0. The molecule has 0 saturated heterocycles. The quantitative estimate of drug-likeness (QED) is 0.122. The molecule has 0 unspecified atom stereocenters. The Morgan fingerprint density at radius 3 is 1.04 bits per heavy atom. The number of hydrogen-bond donors (Lipinski definition) is 0. The average molecular weight is 1070 g/mol. The number of benzene rings is 15. The summed E-state index contributed by atoms with van der Waals surface area (Å²) in [5.41, 5.74) is 8.44. The van der Waals surface area contributed by atoms with Crippen LogP contribution in [-0.2, 0) is 0 Å². The molecule has 0 aliphatic carbocycles. The Hall–Kier alpha value is -10.0. The first-order valence-electron chi connectivity index (χ1n) is 27.6. The molecule has 18 aromatic rings. The van der Waals surface area contributed by atoms with Crippen LogP contribution in [0.4, 0.5) is 34.1 Å². The van der Waals surface area contributed by atoms with Gasteiger partial charge in [-0.05, 0) is 157 Å². The summed E-state index contributed by atoms with van der Waals surface area (Å²) in [6, 6.07) is 99.2. The van der Waals surface area contributed by atoms with E-state index < -0.39 is 0 Å². The summed E-state index contributed by atoms with van der Waals surface area (Å²) in [6.07, 6.45) is 0. The van der Waals surface area contributed by atoms with Gasteiger partial charge in [-0.1, -0.05) is 164 Å². The maximum atomic E-state index is 7.00. The molecule has 0 fully saturated rings.